The third-order valence-electron chi connectivity index (χ3n) is 1.29. The molecule has 1 rings (SSSR count). The molecule has 5 nitrogen and oxygen atoms in total. The van der Waals surface area contributed by atoms with E-state index in [4.69, 9.17) is 23.2 Å². The van der Waals surface area contributed by atoms with Gasteiger partial charge in [0.1, 0.15) is 0 Å². The summed E-state index contributed by atoms with van der Waals surface area (Å²) in [5, 5.41) is 8.64. The number of halogens is 2. The number of carbonyl (C=O) groups is 1. The molecule has 0 radical (unpaired) electrons. The van der Waals surface area contributed by atoms with E-state index < -0.39 is 0 Å². The number of aromatic nitrogens is 2. The molecule has 1 amide bonds. The van der Waals surface area contributed by atoms with Gasteiger partial charge in [0, 0.05) is 14.1 Å². The van der Waals surface area contributed by atoms with Crippen LogP contribution in [-0.2, 0) is 0 Å². The molecule has 7 heteroatoms. The quantitative estimate of drug-likeness (QED) is 0.776. The molecule has 0 bridgehead atoms. The third-order valence-corrected chi connectivity index (χ3v) is 1.75. The van der Waals surface area contributed by atoms with Crippen LogP contribution in [-0.4, -0.2) is 35.2 Å². The summed E-state index contributed by atoms with van der Waals surface area (Å²) in [6.45, 7) is 0. The molecule has 76 valence electrons. The van der Waals surface area contributed by atoms with Crippen molar-refractivity contribution in [1.29, 1.82) is 0 Å². The zero-order chi connectivity index (χ0) is 10.7. The highest BCUT2D eigenvalue weighted by Crippen LogP contribution is 2.14. The second-order valence-electron chi connectivity index (χ2n) is 2.71. The van der Waals surface area contributed by atoms with Crippen LogP contribution in [0.2, 0.25) is 10.3 Å². The third kappa shape index (κ3) is 2.80. The highest BCUT2D eigenvalue weighted by molar-refractivity contribution is 6.34. The predicted octanol–water partition coefficient (Wildman–Crippen LogP) is 0.990. The van der Waals surface area contributed by atoms with Gasteiger partial charge in [0.05, 0.1) is 5.56 Å². The van der Waals surface area contributed by atoms with Crippen LogP contribution in [0, 0.1) is 0 Å². The van der Waals surface area contributed by atoms with Crippen LogP contribution in [0.4, 0.5) is 0 Å². The lowest BCUT2D eigenvalue weighted by Crippen LogP contribution is -2.36. The molecular weight excluding hydrogens is 227 g/mol. The minimum atomic E-state index is -0.378. The van der Waals surface area contributed by atoms with Gasteiger partial charge in [-0.05, 0) is 6.07 Å². The van der Waals surface area contributed by atoms with Crippen LogP contribution in [0.3, 0.4) is 0 Å². The second-order valence-corrected chi connectivity index (χ2v) is 3.45. The molecule has 0 aromatic carbocycles. The molecule has 0 unspecified atom stereocenters. The zero-order valence-electron chi connectivity index (χ0n) is 7.58. The van der Waals surface area contributed by atoms with Crippen molar-refractivity contribution in [3.63, 3.8) is 0 Å². The summed E-state index contributed by atoms with van der Waals surface area (Å²) in [7, 11) is 3.37. The molecule has 0 atom stereocenters. The molecule has 1 N–H and O–H groups in total. The number of hydrogen-bond donors (Lipinski definition) is 1. The van der Waals surface area contributed by atoms with Crippen molar-refractivity contribution in [3.05, 3.63) is 21.9 Å². The van der Waals surface area contributed by atoms with Gasteiger partial charge < -0.3 is 0 Å². The minimum Gasteiger partial charge on any atom is -0.285 e. The highest BCUT2D eigenvalue weighted by Gasteiger charge is 2.13. The fraction of sp³-hybridized carbons (Fsp3) is 0.286. The Kier molecular flexibility index (Phi) is 3.62. The maximum Gasteiger partial charge on any atom is 0.268 e. The SMILES string of the molecule is CN(C)NC(=O)c1cc(Cl)nnc1Cl. The number of rotatable bonds is 2. The summed E-state index contributed by atoms with van der Waals surface area (Å²) < 4.78 is 0. The molecule has 0 saturated carbocycles. The van der Waals surface area contributed by atoms with Crippen LogP contribution >= 0.6 is 23.2 Å². The average molecular weight is 235 g/mol. The molecule has 0 aliphatic heterocycles. The fourth-order valence-corrected chi connectivity index (χ4v) is 1.10. The van der Waals surface area contributed by atoms with E-state index in [1.165, 1.54) is 11.1 Å². The topological polar surface area (TPSA) is 58.1 Å². The molecular formula is C7H8Cl2N4O. The molecule has 0 spiro atoms. The van der Waals surface area contributed by atoms with Crippen molar-refractivity contribution in [2.75, 3.05) is 14.1 Å². The number of nitrogens with one attached hydrogen (secondary N) is 1. The Morgan fingerprint density at radius 2 is 2.07 bits per heavy atom. The maximum absolute atomic E-state index is 11.5. The largest absolute Gasteiger partial charge is 0.285 e. The first kappa shape index (κ1) is 11.2. The molecule has 14 heavy (non-hydrogen) atoms. The van der Waals surface area contributed by atoms with Gasteiger partial charge in [-0.15, -0.1) is 10.2 Å². The van der Waals surface area contributed by atoms with Gasteiger partial charge >= 0.3 is 0 Å². The Morgan fingerprint density at radius 1 is 1.43 bits per heavy atom. The average Bonchev–Trinajstić information content (AvgIpc) is 2.08. The van der Waals surface area contributed by atoms with Crippen molar-refractivity contribution in [2.24, 2.45) is 0 Å². The van der Waals surface area contributed by atoms with E-state index >= 15 is 0 Å². The van der Waals surface area contributed by atoms with Crippen LogP contribution in [0.5, 0.6) is 0 Å². The lowest BCUT2D eigenvalue weighted by atomic mass is 10.3. The van der Waals surface area contributed by atoms with Gasteiger partial charge in [0.15, 0.2) is 10.3 Å². The van der Waals surface area contributed by atoms with E-state index in [1.54, 1.807) is 14.1 Å². The van der Waals surface area contributed by atoms with Crippen molar-refractivity contribution in [1.82, 2.24) is 20.6 Å². The zero-order valence-corrected chi connectivity index (χ0v) is 9.10. The first-order valence-electron chi connectivity index (χ1n) is 3.67. The number of amides is 1. The summed E-state index contributed by atoms with van der Waals surface area (Å²) >= 11 is 11.2. The summed E-state index contributed by atoms with van der Waals surface area (Å²) in [6.07, 6.45) is 0. The summed E-state index contributed by atoms with van der Waals surface area (Å²) in [5.41, 5.74) is 2.71. The lowest BCUT2D eigenvalue weighted by molar-refractivity contribution is 0.0856. The van der Waals surface area contributed by atoms with E-state index in [9.17, 15) is 4.79 Å². The first-order chi connectivity index (χ1) is 6.50. The monoisotopic (exact) mass is 234 g/mol. The summed E-state index contributed by atoms with van der Waals surface area (Å²) in [4.78, 5) is 11.5. The number of hydrazine groups is 1. The molecule has 1 aromatic rings. The van der Waals surface area contributed by atoms with Crippen LogP contribution in [0.1, 0.15) is 10.4 Å². The molecule has 0 aliphatic carbocycles. The van der Waals surface area contributed by atoms with Gasteiger partial charge in [-0.1, -0.05) is 23.2 Å². The highest BCUT2D eigenvalue weighted by atomic mass is 35.5. The van der Waals surface area contributed by atoms with Gasteiger partial charge in [0.2, 0.25) is 0 Å². The van der Waals surface area contributed by atoms with Gasteiger partial charge in [-0.2, -0.15) is 0 Å². The van der Waals surface area contributed by atoms with Crippen molar-refractivity contribution >= 4 is 29.1 Å². The second kappa shape index (κ2) is 4.54. The Morgan fingerprint density at radius 3 is 2.64 bits per heavy atom. The van der Waals surface area contributed by atoms with Crippen LogP contribution < -0.4 is 5.43 Å². The molecule has 0 fully saturated rings. The van der Waals surface area contributed by atoms with Crippen molar-refractivity contribution in [2.45, 2.75) is 0 Å². The van der Waals surface area contributed by atoms with Gasteiger partial charge in [-0.3, -0.25) is 10.2 Å². The number of carbonyl (C=O) groups excluding carboxylic acids is 1. The van der Waals surface area contributed by atoms with Crippen molar-refractivity contribution < 1.29 is 4.79 Å². The lowest BCUT2D eigenvalue weighted by Gasteiger charge is -2.11. The Labute approximate surface area is 91.0 Å². The summed E-state index contributed by atoms with van der Waals surface area (Å²) in [6, 6.07) is 1.36. The van der Waals surface area contributed by atoms with E-state index in [-0.39, 0.29) is 21.8 Å². The van der Waals surface area contributed by atoms with Gasteiger partial charge in [0.25, 0.3) is 5.91 Å². The Hall–Kier alpha value is -0.910. The fourth-order valence-electron chi connectivity index (χ4n) is 0.776. The maximum atomic E-state index is 11.5. The first-order valence-corrected chi connectivity index (χ1v) is 4.43. The van der Waals surface area contributed by atoms with E-state index in [0.29, 0.717) is 0 Å². The Bertz CT molecular complexity index is 356. The number of hydrogen-bond acceptors (Lipinski definition) is 4. The standard InChI is InChI=1S/C7H8Cl2N4O/c1-13(2)12-7(14)4-3-5(8)10-11-6(4)9/h3H,1-2H3,(H,12,14). The molecule has 1 aromatic heterocycles. The van der Waals surface area contributed by atoms with Gasteiger partial charge in [-0.25, -0.2) is 5.01 Å². The van der Waals surface area contributed by atoms with E-state index in [0.717, 1.165) is 0 Å². The van der Waals surface area contributed by atoms with E-state index in [2.05, 4.69) is 15.6 Å². The van der Waals surface area contributed by atoms with Crippen molar-refractivity contribution in [3.8, 4) is 0 Å². The van der Waals surface area contributed by atoms with E-state index in [1.807, 2.05) is 0 Å². The predicted molar refractivity (Wildman–Crippen MR) is 53.2 cm³/mol. The van der Waals surface area contributed by atoms with Crippen LogP contribution in [0.25, 0.3) is 0 Å². The van der Waals surface area contributed by atoms with Crippen LogP contribution in [0.15, 0.2) is 6.07 Å². The number of nitrogens with zero attached hydrogens (tertiary/aromatic N) is 3. The molecule has 0 aliphatic rings. The normalized spacial score (nSPS) is 10.4. The summed E-state index contributed by atoms with van der Waals surface area (Å²) in [5.74, 6) is -0.378. The molecule has 0 saturated heterocycles. The Balaban J connectivity index is 2.94. The smallest absolute Gasteiger partial charge is 0.268 e. The minimum absolute atomic E-state index is 0.0220. The molecule has 1 heterocycles.